The molecule has 19 heavy (non-hydrogen) atoms. The van der Waals surface area contributed by atoms with E-state index in [4.69, 9.17) is 9.47 Å². The van der Waals surface area contributed by atoms with Crippen molar-refractivity contribution >= 4 is 5.65 Å². The van der Waals surface area contributed by atoms with E-state index in [0.717, 1.165) is 5.65 Å². The average molecular weight is 257 g/mol. The topological polar surface area (TPSA) is 74.4 Å². The number of imidazole rings is 1. The molecule has 0 spiro atoms. The molecule has 3 rings (SSSR count). The number of rotatable bonds is 3. The van der Waals surface area contributed by atoms with E-state index in [9.17, 15) is 0 Å². The fourth-order valence-electron chi connectivity index (χ4n) is 1.74. The summed E-state index contributed by atoms with van der Waals surface area (Å²) in [4.78, 5) is 12.3. The molecular formula is C12H11N5O2. The first-order valence-corrected chi connectivity index (χ1v) is 5.57. The molecule has 0 N–H and O–H groups in total. The van der Waals surface area contributed by atoms with Gasteiger partial charge in [-0.05, 0) is 12.1 Å². The first-order valence-electron chi connectivity index (χ1n) is 5.57. The highest BCUT2D eigenvalue weighted by Crippen LogP contribution is 2.27. The Bertz CT molecular complexity index is 725. The monoisotopic (exact) mass is 257 g/mol. The van der Waals surface area contributed by atoms with E-state index < -0.39 is 0 Å². The van der Waals surface area contributed by atoms with Crippen LogP contribution in [0.15, 0.2) is 30.7 Å². The molecule has 0 aliphatic heterocycles. The largest absolute Gasteiger partial charge is 0.480 e. The summed E-state index contributed by atoms with van der Waals surface area (Å²) in [7, 11) is 3.05. The SMILES string of the molecule is COc1ncc(-c2ccc3nccn3n2)c(OC)n1. The summed E-state index contributed by atoms with van der Waals surface area (Å²) < 4.78 is 11.9. The second-order valence-corrected chi connectivity index (χ2v) is 3.73. The Hall–Kier alpha value is -2.70. The summed E-state index contributed by atoms with van der Waals surface area (Å²) in [6, 6.07) is 3.96. The Morgan fingerprint density at radius 2 is 2.00 bits per heavy atom. The highest BCUT2D eigenvalue weighted by atomic mass is 16.5. The van der Waals surface area contributed by atoms with Crippen LogP contribution in [0.3, 0.4) is 0 Å². The Morgan fingerprint density at radius 1 is 1.11 bits per heavy atom. The predicted molar refractivity (Wildman–Crippen MR) is 67.1 cm³/mol. The van der Waals surface area contributed by atoms with E-state index in [0.29, 0.717) is 17.1 Å². The maximum Gasteiger partial charge on any atom is 0.319 e. The lowest BCUT2D eigenvalue weighted by Gasteiger charge is -2.07. The van der Waals surface area contributed by atoms with Gasteiger partial charge >= 0.3 is 6.01 Å². The zero-order chi connectivity index (χ0) is 13.2. The van der Waals surface area contributed by atoms with Gasteiger partial charge in [0.15, 0.2) is 5.65 Å². The molecule has 96 valence electrons. The lowest BCUT2D eigenvalue weighted by atomic mass is 10.2. The zero-order valence-corrected chi connectivity index (χ0v) is 10.4. The van der Waals surface area contributed by atoms with E-state index >= 15 is 0 Å². The van der Waals surface area contributed by atoms with Crippen LogP contribution in [0.2, 0.25) is 0 Å². The van der Waals surface area contributed by atoms with E-state index in [2.05, 4.69) is 20.1 Å². The van der Waals surface area contributed by atoms with Crippen molar-refractivity contribution in [3.63, 3.8) is 0 Å². The minimum absolute atomic E-state index is 0.254. The van der Waals surface area contributed by atoms with Crippen LogP contribution in [0, 0.1) is 0 Å². The van der Waals surface area contributed by atoms with Crippen molar-refractivity contribution < 1.29 is 9.47 Å². The summed E-state index contributed by atoms with van der Waals surface area (Å²) in [6.07, 6.45) is 5.08. The molecule has 0 atom stereocenters. The summed E-state index contributed by atoms with van der Waals surface area (Å²) in [5.41, 5.74) is 2.17. The van der Waals surface area contributed by atoms with E-state index in [-0.39, 0.29) is 6.01 Å². The van der Waals surface area contributed by atoms with Gasteiger partial charge in [-0.1, -0.05) is 0 Å². The van der Waals surface area contributed by atoms with Crippen LogP contribution >= 0.6 is 0 Å². The first kappa shape index (κ1) is 11.4. The Kier molecular flexibility index (Phi) is 2.71. The van der Waals surface area contributed by atoms with E-state index in [1.807, 2.05) is 12.1 Å². The standard InChI is InChI=1S/C12H11N5O2/c1-18-11-8(7-14-12(15-11)19-2)9-3-4-10-13-5-6-17(10)16-9/h3-7H,1-2H3. The fraction of sp³-hybridized carbons (Fsp3) is 0.167. The van der Waals surface area contributed by atoms with E-state index in [1.54, 1.807) is 30.2 Å². The van der Waals surface area contributed by atoms with Crippen LogP contribution < -0.4 is 9.47 Å². The molecule has 0 fully saturated rings. The normalized spacial score (nSPS) is 10.6. The molecule has 0 saturated carbocycles. The molecule has 0 amide bonds. The molecule has 0 unspecified atom stereocenters. The fourth-order valence-corrected chi connectivity index (χ4v) is 1.74. The lowest BCUT2D eigenvalue weighted by molar-refractivity contribution is 0.353. The van der Waals surface area contributed by atoms with Crippen LogP contribution in [0.5, 0.6) is 11.9 Å². The van der Waals surface area contributed by atoms with Crippen molar-refractivity contribution in [2.75, 3.05) is 14.2 Å². The number of ether oxygens (including phenoxy) is 2. The maximum atomic E-state index is 5.24. The summed E-state index contributed by atoms with van der Waals surface area (Å²) in [6.45, 7) is 0. The second kappa shape index (κ2) is 4.52. The van der Waals surface area contributed by atoms with Crippen LogP contribution in [0.4, 0.5) is 0 Å². The van der Waals surface area contributed by atoms with Gasteiger partial charge < -0.3 is 9.47 Å². The van der Waals surface area contributed by atoms with Gasteiger partial charge in [0.2, 0.25) is 5.88 Å². The highest BCUT2D eigenvalue weighted by Gasteiger charge is 2.12. The van der Waals surface area contributed by atoms with Gasteiger partial charge in [0, 0.05) is 18.6 Å². The lowest BCUT2D eigenvalue weighted by Crippen LogP contribution is -2.00. The van der Waals surface area contributed by atoms with Gasteiger partial charge in [0.05, 0.1) is 25.5 Å². The Labute approximate surface area is 108 Å². The van der Waals surface area contributed by atoms with Gasteiger partial charge in [-0.2, -0.15) is 10.1 Å². The molecule has 0 radical (unpaired) electrons. The summed E-state index contributed by atoms with van der Waals surface area (Å²) in [5, 5.41) is 4.42. The van der Waals surface area contributed by atoms with E-state index in [1.165, 1.54) is 7.11 Å². The number of hydrogen-bond acceptors (Lipinski definition) is 6. The number of hydrogen-bond donors (Lipinski definition) is 0. The number of fused-ring (bicyclic) bond motifs is 1. The molecular weight excluding hydrogens is 246 g/mol. The van der Waals surface area contributed by atoms with Crippen molar-refractivity contribution in [2.45, 2.75) is 0 Å². The maximum absolute atomic E-state index is 5.24. The van der Waals surface area contributed by atoms with Crippen LogP contribution in [-0.2, 0) is 0 Å². The second-order valence-electron chi connectivity index (χ2n) is 3.73. The smallest absolute Gasteiger partial charge is 0.319 e. The quantitative estimate of drug-likeness (QED) is 0.702. The summed E-state index contributed by atoms with van der Waals surface area (Å²) >= 11 is 0. The van der Waals surface area contributed by atoms with Gasteiger partial charge in [-0.15, -0.1) is 0 Å². The minimum Gasteiger partial charge on any atom is -0.480 e. The van der Waals surface area contributed by atoms with Crippen molar-refractivity contribution in [1.82, 2.24) is 24.6 Å². The van der Waals surface area contributed by atoms with Crippen LogP contribution in [0.25, 0.3) is 16.9 Å². The van der Waals surface area contributed by atoms with Crippen molar-refractivity contribution in [2.24, 2.45) is 0 Å². The molecule has 0 saturated heterocycles. The molecule has 7 nitrogen and oxygen atoms in total. The Balaban J connectivity index is 2.14. The van der Waals surface area contributed by atoms with Crippen molar-refractivity contribution in [3.05, 3.63) is 30.7 Å². The zero-order valence-electron chi connectivity index (χ0n) is 10.4. The molecule has 0 bridgehead atoms. The predicted octanol–water partition coefficient (Wildman–Crippen LogP) is 1.20. The summed E-state index contributed by atoms with van der Waals surface area (Å²) in [5.74, 6) is 0.416. The van der Waals surface area contributed by atoms with Crippen molar-refractivity contribution in [1.29, 1.82) is 0 Å². The third-order valence-electron chi connectivity index (χ3n) is 2.64. The first-order chi connectivity index (χ1) is 9.31. The molecule has 0 aliphatic rings. The third kappa shape index (κ3) is 1.95. The number of aromatic nitrogens is 5. The van der Waals surface area contributed by atoms with Crippen LogP contribution in [0.1, 0.15) is 0 Å². The molecule has 3 aromatic rings. The molecule has 0 aliphatic carbocycles. The number of methoxy groups -OCH3 is 2. The molecule has 3 heterocycles. The van der Waals surface area contributed by atoms with Gasteiger partial charge in [0.25, 0.3) is 0 Å². The van der Waals surface area contributed by atoms with Crippen LogP contribution in [-0.4, -0.2) is 38.8 Å². The average Bonchev–Trinajstić information content (AvgIpc) is 2.93. The van der Waals surface area contributed by atoms with Gasteiger partial charge in [-0.3, -0.25) is 0 Å². The molecule has 7 heteroatoms. The Morgan fingerprint density at radius 3 is 2.79 bits per heavy atom. The van der Waals surface area contributed by atoms with Gasteiger partial charge in [0.1, 0.15) is 0 Å². The molecule has 0 aromatic carbocycles. The molecule has 3 aromatic heterocycles. The van der Waals surface area contributed by atoms with Crippen molar-refractivity contribution in [3.8, 4) is 23.1 Å². The van der Waals surface area contributed by atoms with Gasteiger partial charge in [-0.25, -0.2) is 14.5 Å². The number of nitrogens with zero attached hydrogens (tertiary/aromatic N) is 5. The highest BCUT2D eigenvalue weighted by molar-refractivity contribution is 5.64. The minimum atomic E-state index is 0.254. The third-order valence-corrected chi connectivity index (χ3v) is 2.64.